The van der Waals surface area contributed by atoms with E-state index >= 15 is 0 Å². The molecule has 1 aromatic carbocycles. The highest BCUT2D eigenvalue weighted by atomic mass is 16.6. The van der Waals surface area contributed by atoms with Crippen molar-refractivity contribution >= 4 is 17.7 Å². The van der Waals surface area contributed by atoms with Crippen LogP contribution in [-0.4, -0.2) is 24.1 Å². The van der Waals surface area contributed by atoms with Crippen LogP contribution in [0.1, 0.15) is 26.3 Å². The summed E-state index contributed by atoms with van der Waals surface area (Å²) < 4.78 is 5.02. The molecule has 2 N–H and O–H groups in total. The second-order valence-corrected chi connectivity index (χ2v) is 5.27. The lowest BCUT2D eigenvalue weighted by Crippen LogP contribution is -2.37. The van der Waals surface area contributed by atoms with Crippen LogP contribution in [0.15, 0.2) is 24.3 Å². The molecular formula is C14H20N2O3. The number of hydrogen-bond donors (Lipinski definition) is 2. The fourth-order valence-corrected chi connectivity index (χ4v) is 1.31. The van der Waals surface area contributed by atoms with Gasteiger partial charge < -0.3 is 15.4 Å². The molecule has 0 bridgehead atoms. The first-order valence-corrected chi connectivity index (χ1v) is 6.09. The molecule has 0 aliphatic carbocycles. The van der Waals surface area contributed by atoms with Gasteiger partial charge in [0.05, 0.1) is 0 Å². The van der Waals surface area contributed by atoms with Crippen LogP contribution < -0.4 is 10.6 Å². The van der Waals surface area contributed by atoms with Gasteiger partial charge in [-0.05, 0) is 39.8 Å². The summed E-state index contributed by atoms with van der Waals surface area (Å²) in [6, 6.07) is 7.41. The minimum absolute atomic E-state index is 0.122. The number of carbonyl (C=O) groups is 2. The van der Waals surface area contributed by atoms with E-state index in [9.17, 15) is 9.59 Å². The predicted molar refractivity (Wildman–Crippen MR) is 74.0 cm³/mol. The first-order valence-electron chi connectivity index (χ1n) is 6.09. The number of rotatable bonds is 3. The van der Waals surface area contributed by atoms with Crippen molar-refractivity contribution in [3.63, 3.8) is 0 Å². The molecular weight excluding hydrogens is 244 g/mol. The van der Waals surface area contributed by atoms with Gasteiger partial charge in [0, 0.05) is 5.69 Å². The summed E-state index contributed by atoms with van der Waals surface area (Å²) in [4.78, 5) is 22.9. The van der Waals surface area contributed by atoms with Crippen LogP contribution in [0, 0.1) is 6.92 Å². The highest BCUT2D eigenvalue weighted by Crippen LogP contribution is 2.08. The zero-order valence-corrected chi connectivity index (χ0v) is 11.7. The third-order valence-corrected chi connectivity index (χ3v) is 2.13. The number of hydrogen-bond acceptors (Lipinski definition) is 3. The van der Waals surface area contributed by atoms with Crippen LogP contribution in [0.4, 0.5) is 10.5 Å². The van der Waals surface area contributed by atoms with Gasteiger partial charge in [0.2, 0.25) is 5.91 Å². The Balaban J connectivity index is 2.36. The minimum Gasteiger partial charge on any atom is -0.444 e. The molecule has 0 fully saturated rings. The molecule has 0 spiro atoms. The van der Waals surface area contributed by atoms with Crippen molar-refractivity contribution in [1.29, 1.82) is 0 Å². The topological polar surface area (TPSA) is 67.4 Å². The van der Waals surface area contributed by atoms with Crippen molar-refractivity contribution in [3.05, 3.63) is 29.8 Å². The van der Waals surface area contributed by atoms with Gasteiger partial charge in [0.1, 0.15) is 12.1 Å². The Hall–Kier alpha value is -2.04. The standard InChI is InChI=1S/C14H20N2O3/c1-10-5-7-11(8-6-10)16-12(17)9-15-13(18)19-14(2,3)4/h5-8H,9H2,1-4H3,(H,15,18)(H,16,17). The average molecular weight is 264 g/mol. The molecule has 1 rings (SSSR count). The molecule has 5 nitrogen and oxygen atoms in total. The van der Waals surface area contributed by atoms with Gasteiger partial charge in [-0.25, -0.2) is 4.79 Å². The second kappa shape index (κ2) is 6.22. The molecule has 0 unspecified atom stereocenters. The Bertz CT molecular complexity index is 447. The van der Waals surface area contributed by atoms with E-state index in [1.807, 2.05) is 19.1 Å². The van der Waals surface area contributed by atoms with Crippen LogP contribution in [0.3, 0.4) is 0 Å². The fraction of sp³-hybridized carbons (Fsp3) is 0.429. The number of benzene rings is 1. The summed E-state index contributed by atoms with van der Waals surface area (Å²) in [7, 11) is 0. The largest absolute Gasteiger partial charge is 0.444 e. The van der Waals surface area contributed by atoms with Gasteiger partial charge in [0.25, 0.3) is 0 Å². The summed E-state index contributed by atoms with van der Waals surface area (Å²) >= 11 is 0. The van der Waals surface area contributed by atoms with Gasteiger partial charge >= 0.3 is 6.09 Å². The molecule has 0 aliphatic rings. The molecule has 0 aromatic heterocycles. The lowest BCUT2D eigenvalue weighted by Gasteiger charge is -2.19. The predicted octanol–water partition coefficient (Wildman–Crippen LogP) is 2.46. The second-order valence-electron chi connectivity index (χ2n) is 5.27. The maximum atomic E-state index is 11.6. The highest BCUT2D eigenvalue weighted by molar-refractivity contribution is 5.93. The molecule has 2 amide bonds. The monoisotopic (exact) mass is 264 g/mol. The Morgan fingerprint density at radius 1 is 1.16 bits per heavy atom. The van der Waals surface area contributed by atoms with Crippen molar-refractivity contribution in [3.8, 4) is 0 Å². The van der Waals surface area contributed by atoms with E-state index in [4.69, 9.17) is 4.74 Å². The zero-order chi connectivity index (χ0) is 14.5. The SMILES string of the molecule is Cc1ccc(NC(=O)CNC(=O)OC(C)(C)C)cc1. The van der Waals surface area contributed by atoms with Gasteiger partial charge in [-0.15, -0.1) is 0 Å². The van der Waals surface area contributed by atoms with E-state index in [2.05, 4.69) is 10.6 Å². The molecule has 19 heavy (non-hydrogen) atoms. The van der Waals surface area contributed by atoms with Gasteiger partial charge in [-0.1, -0.05) is 17.7 Å². The molecule has 5 heteroatoms. The van der Waals surface area contributed by atoms with E-state index in [-0.39, 0.29) is 12.5 Å². The normalized spacial score (nSPS) is 10.7. The molecule has 0 atom stereocenters. The number of amides is 2. The molecule has 0 saturated carbocycles. The van der Waals surface area contributed by atoms with Crippen LogP contribution in [0.5, 0.6) is 0 Å². The molecule has 1 aromatic rings. The summed E-state index contributed by atoms with van der Waals surface area (Å²) in [5.41, 5.74) is 1.24. The Kier molecular flexibility index (Phi) is 4.92. The minimum atomic E-state index is -0.605. The number of carbonyl (C=O) groups excluding carboxylic acids is 2. The fourth-order valence-electron chi connectivity index (χ4n) is 1.31. The lowest BCUT2D eigenvalue weighted by atomic mass is 10.2. The molecule has 0 radical (unpaired) electrons. The Morgan fingerprint density at radius 2 is 1.74 bits per heavy atom. The van der Waals surface area contributed by atoms with Crippen molar-refractivity contribution in [2.75, 3.05) is 11.9 Å². The van der Waals surface area contributed by atoms with Gasteiger partial charge in [0.15, 0.2) is 0 Å². The van der Waals surface area contributed by atoms with E-state index in [1.165, 1.54) is 0 Å². The zero-order valence-electron chi connectivity index (χ0n) is 11.7. The lowest BCUT2D eigenvalue weighted by molar-refractivity contribution is -0.115. The Labute approximate surface area is 113 Å². The van der Waals surface area contributed by atoms with Crippen LogP contribution in [0.25, 0.3) is 0 Å². The van der Waals surface area contributed by atoms with Crippen LogP contribution in [-0.2, 0) is 9.53 Å². The maximum absolute atomic E-state index is 11.6. The van der Waals surface area contributed by atoms with E-state index < -0.39 is 11.7 Å². The number of anilines is 1. The average Bonchev–Trinajstić information content (AvgIpc) is 2.27. The van der Waals surface area contributed by atoms with Gasteiger partial charge in [-0.3, -0.25) is 4.79 Å². The summed E-state index contributed by atoms with van der Waals surface area (Å²) in [6.45, 7) is 7.13. The third-order valence-electron chi connectivity index (χ3n) is 2.13. The first kappa shape index (κ1) is 15.0. The van der Waals surface area contributed by atoms with E-state index in [0.717, 1.165) is 5.56 Å². The number of alkyl carbamates (subject to hydrolysis) is 1. The van der Waals surface area contributed by atoms with Crippen molar-refractivity contribution in [2.24, 2.45) is 0 Å². The maximum Gasteiger partial charge on any atom is 0.408 e. The van der Waals surface area contributed by atoms with E-state index in [0.29, 0.717) is 5.69 Å². The Morgan fingerprint density at radius 3 is 2.26 bits per heavy atom. The number of ether oxygens (including phenoxy) is 1. The smallest absolute Gasteiger partial charge is 0.408 e. The quantitative estimate of drug-likeness (QED) is 0.881. The molecule has 104 valence electrons. The highest BCUT2D eigenvalue weighted by Gasteiger charge is 2.16. The van der Waals surface area contributed by atoms with Gasteiger partial charge in [-0.2, -0.15) is 0 Å². The van der Waals surface area contributed by atoms with Crippen molar-refractivity contribution in [1.82, 2.24) is 5.32 Å². The first-order chi connectivity index (χ1) is 8.76. The molecule has 0 aliphatic heterocycles. The third kappa shape index (κ3) is 6.45. The number of nitrogens with one attached hydrogen (secondary N) is 2. The number of aryl methyl sites for hydroxylation is 1. The molecule has 0 saturated heterocycles. The summed E-state index contributed by atoms with van der Waals surface area (Å²) in [5, 5.41) is 5.08. The van der Waals surface area contributed by atoms with Crippen LogP contribution in [0.2, 0.25) is 0 Å². The van der Waals surface area contributed by atoms with Crippen molar-refractivity contribution < 1.29 is 14.3 Å². The summed E-state index contributed by atoms with van der Waals surface area (Å²) in [5.74, 6) is -0.297. The van der Waals surface area contributed by atoms with Crippen molar-refractivity contribution in [2.45, 2.75) is 33.3 Å². The van der Waals surface area contributed by atoms with Crippen LogP contribution >= 0.6 is 0 Å². The summed E-state index contributed by atoms with van der Waals surface area (Å²) in [6.07, 6.45) is -0.605. The molecule has 0 heterocycles. The van der Waals surface area contributed by atoms with E-state index in [1.54, 1.807) is 32.9 Å².